The van der Waals surface area contributed by atoms with Crippen LogP contribution in [-0.2, 0) is 22.4 Å². The fourth-order valence-electron chi connectivity index (χ4n) is 2.18. The van der Waals surface area contributed by atoms with Gasteiger partial charge in [-0.1, -0.05) is 42.5 Å². The van der Waals surface area contributed by atoms with Crippen molar-refractivity contribution in [2.24, 2.45) is 11.5 Å². The lowest BCUT2D eigenvalue weighted by Crippen LogP contribution is -2.36. The molecule has 0 aliphatic heterocycles. The largest absolute Gasteiger partial charge is 0.480 e. The molecule has 7 nitrogen and oxygen atoms in total. The second kappa shape index (κ2) is 9.53. The molecule has 8 N–H and O–H groups in total. The Labute approximate surface area is 146 Å². The van der Waals surface area contributed by atoms with Crippen LogP contribution >= 0.6 is 0 Å². The van der Waals surface area contributed by atoms with Crippen LogP contribution in [0.3, 0.4) is 0 Å². The molecule has 2 rings (SSSR count). The van der Waals surface area contributed by atoms with Crippen molar-refractivity contribution in [2.45, 2.75) is 24.9 Å². The van der Waals surface area contributed by atoms with Crippen LogP contribution in [0.4, 0.5) is 0 Å². The first-order valence-corrected chi connectivity index (χ1v) is 7.54. The lowest BCUT2D eigenvalue weighted by Gasteiger charge is -2.12. The molecule has 2 aromatic rings. The van der Waals surface area contributed by atoms with Gasteiger partial charge in [0.1, 0.15) is 17.8 Å². The van der Waals surface area contributed by atoms with Gasteiger partial charge < -0.3 is 27.5 Å². The number of carbonyl (C=O) groups excluding carboxylic acids is 1. The first-order valence-electron chi connectivity index (χ1n) is 7.54. The molecule has 0 heterocycles. The molecule has 0 amide bonds. The van der Waals surface area contributed by atoms with Crippen molar-refractivity contribution in [3.63, 3.8) is 0 Å². The van der Waals surface area contributed by atoms with Crippen molar-refractivity contribution in [1.82, 2.24) is 6.15 Å². The number of rotatable bonds is 7. The van der Waals surface area contributed by atoms with Crippen LogP contribution in [0.25, 0.3) is 0 Å². The molecule has 0 bridgehead atoms. The Morgan fingerprint density at radius 2 is 1.40 bits per heavy atom. The van der Waals surface area contributed by atoms with Crippen molar-refractivity contribution < 1.29 is 19.4 Å². The summed E-state index contributed by atoms with van der Waals surface area (Å²) in [5.74, 6) is -1.22. The van der Waals surface area contributed by atoms with Gasteiger partial charge in [-0.3, -0.25) is 4.79 Å². The van der Waals surface area contributed by atoms with Gasteiger partial charge >= 0.3 is 11.9 Å². The van der Waals surface area contributed by atoms with E-state index in [4.69, 9.17) is 21.3 Å². The number of aliphatic carboxylic acids is 1. The van der Waals surface area contributed by atoms with E-state index < -0.39 is 24.0 Å². The summed E-state index contributed by atoms with van der Waals surface area (Å²) in [7, 11) is 0. The minimum atomic E-state index is -1.06. The minimum Gasteiger partial charge on any atom is -0.480 e. The third-order valence-corrected chi connectivity index (χ3v) is 3.52. The van der Waals surface area contributed by atoms with E-state index in [-0.39, 0.29) is 12.6 Å². The zero-order valence-electron chi connectivity index (χ0n) is 13.8. The highest BCUT2D eigenvalue weighted by atomic mass is 16.5. The fraction of sp³-hybridized carbons (Fsp3) is 0.222. The van der Waals surface area contributed by atoms with E-state index in [1.807, 2.05) is 30.3 Å². The maximum Gasteiger partial charge on any atom is 0.328 e. The maximum absolute atomic E-state index is 12.0. The summed E-state index contributed by atoms with van der Waals surface area (Å²) >= 11 is 0. The highest BCUT2D eigenvalue weighted by Crippen LogP contribution is 2.14. The van der Waals surface area contributed by atoms with Crippen molar-refractivity contribution in [3.8, 4) is 5.75 Å². The second-order valence-corrected chi connectivity index (χ2v) is 5.51. The van der Waals surface area contributed by atoms with E-state index in [1.54, 1.807) is 24.3 Å². The summed E-state index contributed by atoms with van der Waals surface area (Å²) < 4.78 is 5.24. The summed E-state index contributed by atoms with van der Waals surface area (Å²) in [4.78, 5) is 22.8. The Kier molecular flexibility index (Phi) is 7.74. The molecule has 0 spiro atoms. The smallest absolute Gasteiger partial charge is 0.328 e. The number of hydrogen-bond acceptors (Lipinski definition) is 6. The number of nitrogens with two attached hydrogens (primary N) is 2. The van der Waals surface area contributed by atoms with Crippen molar-refractivity contribution >= 4 is 11.9 Å². The molecule has 0 radical (unpaired) electrons. The summed E-state index contributed by atoms with van der Waals surface area (Å²) in [6.45, 7) is 0. The zero-order valence-corrected chi connectivity index (χ0v) is 13.8. The van der Waals surface area contributed by atoms with Crippen LogP contribution in [0.2, 0.25) is 0 Å². The summed E-state index contributed by atoms with van der Waals surface area (Å²) in [6.07, 6.45) is 0.600. The lowest BCUT2D eigenvalue weighted by atomic mass is 10.1. The van der Waals surface area contributed by atoms with Crippen LogP contribution in [-0.4, -0.2) is 29.1 Å². The van der Waals surface area contributed by atoms with Gasteiger partial charge in [0.2, 0.25) is 0 Å². The summed E-state index contributed by atoms with van der Waals surface area (Å²) in [5.41, 5.74) is 13.1. The van der Waals surface area contributed by atoms with Gasteiger partial charge in [0.15, 0.2) is 0 Å². The number of benzene rings is 2. The normalized spacial score (nSPS) is 12.6. The molecule has 0 saturated carbocycles. The van der Waals surface area contributed by atoms with E-state index >= 15 is 0 Å². The van der Waals surface area contributed by atoms with Crippen LogP contribution in [0.1, 0.15) is 11.1 Å². The van der Waals surface area contributed by atoms with Gasteiger partial charge in [-0.2, -0.15) is 0 Å². The van der Waals surface area contributed by atoms with E-state index in [9.17, 15) is 9.59 Å². The Morgan fingerprint density at radius 1 is 0.880 bits per heavy atom. The molecule has 0 aliphatic carbocycles. The quantitative estimate of drug-likeness (QED) is 0.436. The molecule has 0 aliphatic rings. The highest BCUT2D eigenvalue weighted by molar-refractivity contribution is 5.78. The summed E-state index contributed by atoms with van der Waals surface area (Å²) in [5, 5.41) is 8.79. The number of esters is 1. The highest BCUT2D eigenvalue weighted by Gasteiger charge is 2.17. The first kappa shape index (κ1) is 20.3. The Bertz CT molecular complexity index is 689. The van der Waals surface area contributed by atoms with Crippen LogP contribution < -0.4 is 22.4 Å². The molecule has 0 saturated heterocycles. The molecule has 0 fully saturated rings. The van der Waals surface area contributed by atoms with Gasteiger partial charge in [-0.15, -0.1) is 0 Å². The lowest BCUT2D eigenvalue weighted by molar-refractivity contribution is -0.138. The maximum atomic E-state index is 12.0. The topological polar surface area (TPSA) is 151 Å². The van der Waals surface area contributed by atoms with Crippen molar-refractivity contribution in [2.75, 3.05) is 0 Å². The second-order valence-electron chi connectivity index (χ2n) is 5.51. The third-order valence-electron chi connectivity index (χ3n) is 3.52. The number of carbonyl (C=O) groups is 2. The van der Waals surface area contributed by atoms with Gasteiger partial charge in [0.25, 0.3) is 0 Å². The van der Waals surface area contributed by atoms with E-state index in [0.29, 0.717) is 12.2 Å². The van der Waals surface area contributed by atoms with Gasteiger partial charge in [0, 0.05) is 0 Å². The zero-order chi connectivity index (χ0) is 17.5. The molecule has 7 heteroatoms. The van der Waals surface area contributed by atoms with Gasteiger partial charge in [-0.25, -0.2) is 4.79 Å². The molecule has 25 heavy (non-hydrogen) atoms. The standard InChI is InChI=1S/C18H20N2O4.H3N/c19-15(17(21)22)10-13-6-8-14(9-7-13)24-18(23)16(20)11-12-4-2-1-3-5-12;/h1-9,15-16H,10-11,19-20H2,(H,21,22);1H3/t15-,16-;/m0./s1. The molecular formula is C18H23N3O4. The van der Waals surface area contributed by atoms with E-state index in [0.717, 1.165) is 11.1 Å². The van der Waals surface area contributed by atoms with Crippen molar-refractivity contribution in [3.05, 3.63) is 65.7 Å². The number of hydrogen-bond donors (Lipinski definition) is 4. The first-order chi connectivity index (χ1) is 11.5. The van der Waals surface area contributed by atoms with Crippen LogP contribution in [0.5, 0.6) is 5.75 Å². The average Bonchev–Trinajstić information content (AvgIpc) is 2.57. The number of carboxylic acids is 1. The fourth-order valence-corrected chi connectivity index (χ4v) is 2.18. The molecule has 0 aromatic heterocycles. The van der Waals surface area contributed by atoms with Gasteiger partial charge in [0.05, 0.1) is 0 Å². The average molecular weight is 345 g/mol. The SMILES string of the molecule is N.N[C@@H](Cc1ccc(OC(=O)[C@@H](N)Cc2ccccc2)cc1)C(=O)O. The van der Waals surface area contributed by atoms with Crippen LogP contribution in [0.15, 0.2) is 54.6 Å². The Hall–Kier alpha value is -2.74. The predicted octanol–water partition coefficient (Wildman–Crippen LogP) is 1.28. The number of ether oxygens (including phenoxy) is 1. The minimum absolute atomic E-state index is 0. The molecule has 134 valence electrons. The molecule has 2 aromatic carbocycles. The molecular weight excluding hydrogens is 322 g/mol. The van der Waals surface area contributed by atoms with Crippen LogP contribution in [0, 0.1) is 0 Å². The molecule has 2 atom stereocenters. The Morgan fingerprint density at radius 3 is 1.96 bits per heavy atom. The van der Waals surface area contributed by atoms with Crippen molar-refractivity contribution in [1.29, 1.82) is 0 Å². The van der Waals surface area contributed by atoms with Gasteiger partial charge in [-0.05, 0) is 36.1 Å². The molecule has 0 unspecified atom stereocenters. The predicted molar refractivity (Wildman–Crippen MR) is 94.5 cm³/mol. The van der Waals surface area contributed by atoms with E-state index in [2.05, 4.69) is 0 Å². The Balaban J connectivity index is 0.00000312. The third kappa shape index (κ3) is 6.34. The van der Waals surface area contributed by atoms with E-state index in [1.165, 1.54) is 0 Å². The monoisotopic (exact) mass is 345 g/mol. The summed E-state index contributed by atoms with van der Waals surface area (Å²) in [6, 6.07) is 14.3. The number of carboxylic acid groups (broad SMARTS) is 1.